The first kappa shape index (κ1) is 22.1. The van der Waals surface area contributed by atoms with Crippen LogP contribution in [0.3, 0.4) is 0 Å². The molecule has 0 spiro atoms. The minimum absolute atomic E-state index is 0.0383. The molecule has 1 aliphatic rings. The Hall–Kier alpha value is -4.15. The van der Waals surface area contributed by atoms with Gasteiger partial charge < -0.3 is 34.9 Å². The Morgan fingerprint density at radius 3 is 2.88 bits per heavy atom. The molecule has 0 radical (unpaired) electrons. The first-order valence-electron chi connectivity index (χ1n) is 9.97. The second-order valence-corrected chi connectivity index (χ2v) is 7.31. The summed E-state index contributed by atoms with van der Waals surface area (Å²) in [7, 11) is 0. The average molecular weight is 451 g/mol. The Labute approximate surface area is 188 Å². The number of benzene rings is 1. The van der Waals surface area contributed by atoms with E-state index in [-0.39, 0.29) is 18.3 Å². The van der Waals surface area contributed by atoms with Crippen molar-refractivity contribution < 1.29 is 34.4 Å². The molecular weight excluding hydrogens is 430 g/mol. The predicted molar refractivity (Wildman–Crippen MR) is 121 cm³/mol. The maximum Gasteiger partial charge on any atom is 0.345 e. The summed E-state index contributed by atoms with van der Waals surface area (Å²) in [5.74, 6) is -1.06. The number of aryl methyl sites for hydroxylation is 1. The number of nitrogens with zero attached hydrogens (tertiary/aromatic N) is 2. The van der Waals surface area contributed by atoms with Gasteiger partial charge in [0.2, 0.25) is 5.88 Å². The van der Waals surface area contributed by atoms with E-state index in [0.29, 0.717) is 28.4 Å². The molecule has 170 valence electrons. The molecule has 0 aliphatic carbocycles. The summed E-state index contributed by atoms with van der Waals surface area (Å²) in [6, 6.07) is 8.50. The van der Waals surface area contributed by atoms with Gasteiger partial charge in [0.15, 0.2) is 22.9 Å². The van der Waals surface area contributed by atoms with Gasteiger partial charge in [-0.1, -0.05) is 0 Å². The zero-order valence-electron chi connectivity index (χ0n) is 17.5. The number of allylic oxidation sites excluding steroid dienone is 1. The van der Waals surface area contributed by atoms with Crippen molar-refractivity contribution in [2.24, 2.45) is 4.99 Å². The van der Waals surface area contributed by atoms with Gasteiger partial charge in [0.25, 0.3) is 0 Å². The molecule has 1 unspecified atom stereocenters. The standard InChI is InChI=1S/C23H21N3O7/c1-12-7-15(32-11-14(28)10-27)4-5-17(12)26-22-19(23(30)31)20(29)18(33-22)8-13-9-25-21-16(13)3-2-6-24-21/h2-9,14,26-29H,10-11H2,1H3,(H,30,31). The Morgan fingerprint density at radius 2 is 2.15 bits per heavy atom. The Kier molecular flexibility index (Phi) is 6.11. The SMILES string of the molecule is Cc1cc(OCC(O)CO)ccc1Nc1oc(C=C2C=Nc3ncccc32)c(O)c1C(=O)O. The van der Waals surface area contributed by atoms with Crippen LogP contribution < -0.4 is 10.1 Å². The first-order valence-corrected chi connectivity index (χ1v) is 9.97. The second kappa shape index (κ2) is 9.15. The summed E-state index contributed by atoms with van der Waals surface area (Å²) in [5.41, 5.74) is 2.17. The Morgan fingerprint density at radius 1 is 1.33 bits per heavy atom. The number of rotatable bonds is 8. The molecule has 1 atom stereocenters. The van der Waals surface area contributed by atoms with Gasteiger partial charge in [-0.25, -0.2) is 14.8 Å². The fourth-order valence-corrected chi connectivity index (χ4v) is 3.24. The number of aromatic carboxylic acids is 1. The van der Waals surface area contributed by atoms with Gasteiger partial charge in [-0.2, -0.15) is 0 Å². The van der Waals surface area contributed by atoms with Crippen molar-refractivity contribution in [2.45, 2.75) is 13.0 Å². The molecule has 0 amide bonds. The van der Waals surface area contributed by atoms with E-state index in [1.807, 2.05) is 6.07 Å². The van der Waals surface area contributed by atoms with E-state index >= 15 is 0 Å². The summed E-state index contributed by atoms with van der Waals surface area (Å²) < 4.78 is 11.1. The molecule has 1 aromatic carbocycles. The topological polar surface area (TPSA) is 158 Å². The number of aliphatic imine (C=N–C) groups is 1. The molecular formula is C23H21N3O7. The van der Waals surface area contributed by atoms with Crippen molar-refractivity contribution >= 4 is 41.2 Å². The van der Waals surface area contributed by atoms with E-state index in [2.05, 4.69) is 15.3 Å². The number of carboxylic acids is 1. The number of aliphatic hydroxyl groups excluding tert-OH is 2. The van der Waals surface area contributed by atoms with Gasteiger partial charge in [-0.3, -0.25) is 0 Å². The number of hydrogen-bond acceptors (Lipinski definition) is 9. The third-order valence-corrected chi connectivity index (χ3v) is 4.93. The van der Waals surface area contributed by atoms with E-state index in [9.17, 15) is 20.1 Å². The maximum absolute atomic E-state index is 11.8. The van der Waals surface area contributed by atoms with Gasteiger partial charge in [0, 0.05) is 29.2 Å². The molecule has 4 rings (SSSR count). The van der Waals surface area contributed by atoms with Crippen molar-refractivity contribution in [3.63, 3.8) is 0 Å². The van der Waals surface area contributed by atoms with Crippen molar-refractivity contribution in [1.82, 2.24) is 4.98 Å². The van der Waals surface area contributed by atoms with E-state index in [1.165, 1.54) is 6.08 Å². The van der Waals surface area contributed by atoms with Gasteiger partial charge in [0.05, 0.1) is 6.61 Å². The van der Waals surface area contributed by atoms with Crippen molar-refractivity contribution in [3.05, 3.63) is 59.0 Å². The van der Waals surface area contributed by atoms with Crippen LogP contribution in [0, 0.1) is 6.92 Å². The van der Waals surface area contributed by atoms with E-state index in [4.69, 9.17) is 14.3 Å². The molecule has 3 heterocycles. The van der Waals surface area contributed by atoms with Crippen molar-refractivity contribution in [3.8, 4) is 11.5 Å². The number of hydrogen-bond donors (Lipinski definition) is 5. The number of aliphatic hydroxyl groups is 2. The van der Waals surface area contributed by atoms with Crippen LogP contribution in [0.1, 0.15) is 27.2 Å². The second-order valence-electron chi connectivity index (χ2n) is 7.31. The maximum atomic E-state index is 11.8. The van der Waals surface area contributed by atoms with Crippen LogP contribution in [0.15, 0.2) is 45.9 Å². The number of carboxylic acid groups (broad SMARTS) is 1. The Bertz CT molecular complexity index is 1260. The van der Waals surface area contributed by atoms with Crippen LogP contribution in [0.4, 0.5) is 17.4 Å². The zero-order chi connectivity index (χ0) is 23.5. The quantitative estimate of drug-likeness (QED) is 0.347. The molecule has 5 N–H and O–H groups in total. The molecule has 1 aliphatic heterocycles. The first-order chi connectivity index (χ1) is 15.9. The van der Waals surface area contributed by atoms with E-state index in [1.54, 1.807) is 43.6 Å². The Balaban J connectivity index is 1.62. The number of carbonyl (C=O) groups is 1. The van der Waals surface area contributed by atoms with E-state index in [0.717, 1.165) is 5.56 Å². The highest BCUT2D eigenvalue weighted by molar-refractivity contribution is 6.21. The fraction of sp³-hybridized carbons (Fsp3) is 0.174. The lowest BCUT2D eigenvalue weighted by molar-refractivity contribution is 0.0536. The molecule has 3 aromatic rings. The molecule has 33 heavy (non-hydrogen) atoms. The van der Waals surface area contributed by atoms with Gasteiger partial charge in [0.1, 0.15) is 18.5 Å². The fourth-order valence-electron chi connectivity index (χ4n) is 3.24. The summed E-state index contributed by atoms with van der Waals surface area (Å²) in [4.78, 5) is 20.2. The number of aromatic nitrogens is 1. The number of fused-ring (bicyclic) bond motifs is 1. The molecule has 0 fully saturated rings. The third kappa shape index (κ3) is 4.56. The highest BCUT2D eigenvalue weighted by Crippen LogP contribution is 2.39. The lowest BCUT2D eigenvalue weighted by Gasteiger charge is -2.13. The van der Waals surface area contributed by atoms with Crippen LogP contribution >= 0.6 is 0 Å². The molecule has 2 aromatic heterocycles. The smallest absolute Gasteiger partial charge is 0.345 e. The van der Waals surface area contributed by atoms with Crippen LogP contribution in [0.2, 0.25) is 0 Å². The monoisotopic (exact) mass is 451 g/mol. The number of anilines is 2. The molecule has 0 saturated carbocycles. The third-order valence-electron chi connectivity index (χ3n) is 4.93. The highest BCUT2D eigenvalue weighted by atomic mass is 16.5. The minimum Gasteiger partial charge on any atom is -0.504 e. The summed E-state index contributed by atoms with van der Waals surface area (Å²) in [5, 5.41) is 41.4. The molecule has 10 heteroatoms. The summed E-state index contributed by atoms with van der Waals surface area (Å²) in [6.07, 6.45) is 3.68. The van der Waals surface area contributed by atoms with Crippen molar-refractivity contribution in [1.29, 1.82) is 0 Å². The lowest BCUT2D eigenvalue weighted by atomic mass is 10.1. The average Bonchev–Trinajstić information content (AvgIpc) is 3.34. The largest absolute Gasteiger partial charge is 0.504 e. The number of pyridine rings is 1. The number of furan rings is 1. The highest BCUT2D eigenvalue weighted by Gasteiger charge is 2.26. The van der Waals surface area contributed by atoms with Crippen LogP contribution in [0.25, 0.3) is 11.6 Å². The number of ether oxygens (including phenoxy) is 1. The normalized spacial score (nSPS) is 14.3. The molecule has 0 bridgehead atoms. The van der Waals surface area contributed by atoms with Gasteiger partial charge >= 0.3 is 5.97 Å². The number of nitrogens with one attached hydrogen (secondary N) is 1. The summed E-state index contributed by atoms with van der Waals surface area (Å²) in [6.45, 7) is 1.28. The van der Waals surface area contributed by atoms with Gasteiger partial charge in [-0.05, 0) is 48.9 Å². The predicted octanol–water partition coefficient (Wildman–Crippen LogP) is 3.12. The molecule has 0 saturated heterocycles. The number of aromatic hydroxyl groups is 1. The minimum atomic E-state index is -1.36. The lowest BCUT2D eigenvalue weighted by Crippen LogP contribution is -2.21. The van der Waals surface area contributed by atoms with Crippen LogP contribution in [-0.4, -0.2) is 56.9 Å². The van der Waals surface area contributed by atoms with E-state index < -0.39 is 30.0 Å². The molecule has 10 nitrogen and oxygen atoms in total. The van der Waals surface area contributed by atoms with Crippen LogP contribution in [-0.2, 0) is 0 Å². The van der Waals surface area contributed by atoms with Crippen molar-refractivity contribution in [2.75, 3.05) is 18.5 Å². The zero-order valence-corrected chi connectivity index (χ0v) is 17.5. The van der Waals surface area contributed by atoms with Gasteiger partial charge in [-0.15, -0.1) is 0 Å². The summed E-state index contributed by atoms with van der Waals surface area (Å²) >= 11 is 0. The van der Waals surface area contributed by atoms with Crippen LogP contribution in [0.5, 0.6) is 11.5 Å².